The molecule has 0 radical (unpaired) electrons. The maximum atomic E-state index is 12.0. The van der Waals surface area contributed by atoms with Crippen LogP contribution in [0.3, 0.4) is 0 Å². The topological polar surface area (TPSA) is 77.8 Å². The fraction of sp³-hybridized carbons (Fsp3) is 0.333. The van der Waals surface area contributed by atoms with E-state index in [4.69, 9.17) is 10.2 Å². The zero-order valence-corrected chi connectivity index (χ0v) is 9.54. The highest BCUT2D eigenvalue weighted by molar-refractivity contribution is 6.01. The summed E-state index contributed by atoms with van der Waals surface area (Å²) in [5.41, 5.74) is 0.552. The van der Waals surface area contributed by atoms with Gasteiger partial charge in [-0.3, -0.25) is 9.59 Å². The molecule has 2 N–H and O–H groups in total. The molecule has 5 heteroatoms. The molecule has 0 unspecified atom stereocenters. The van der Waals surface area contributed by atoms with Crippen molar-refractivity contribution >= 4 is 12.2 Å². The zero-order valence-electron chi connectivity index (χ0n) is 9.54. The molecule has 0 bridgehead atoms. The Morgan fingerprint density at radius 3 is 2.47 bits per heavy atom. The van der Waals surface area contributed by atoms with E-state index in [-0.39, 0.29) is 18.8 Å². The lowest BCUT2D eigenvalue weighted by molar-refractivity contribution is 0.0543. The van der Waals surface area contributed by atoms with Crippen molar-refractivity contribution in [3.63, 3.8) is 0 Å². The molecule has 1 amide bonds. The third-order valence-electron chi connectivity index (χ3n) is 2.61. The highest BCUT2D eigenvalue weighted by atomic mass is 16.3. The third-order valence-corrected chi connectivity index (χ3v) is 2.61. The molecule has 0 aromatic heterocycles. The summed E-state index contributed by atoms with van der Waals surface area (Å²) in [7, 11) is 1.47. The third kappa shape index (κ3) is 2.89. The lowest BCUT2D eigenvalue weighted by atomic mass is 10.1. The van der Waals surface area contributed by atoms with Gasteiger partial charge in [-0.2, -0.15) is 0 Å². The molecule has 17 heavy (non-hydrogen) atoms. The van der Waals surface area contributed by atoms with Crippen LogP contribution in [0.2, 0.25) is 0 Å². The van der Waals surface area contributed by atoms with Crippen LogP contribution in [0.25, 0.3) is 0 Å². The largest absolute Gasteiger partial charge is 0.394 e. The molecule has 0 fully saturated rings. The lowest BCUT2D eigenvalue weighted by Crippen LogP contribution is -2.42. The summed E-state index contributed by atoms with van der Waals surface area (Å²) < 4.78 is 0. The summed E-state index contributed by atoms with van der Waals surface area (Å²) in [5.74, 6) is -0.402. The number of hydrogen-bond donors (Lipinski definition) is 2. The minimum absolute atomic E-state index is 0.261. The van der Waals surface area contributed by atoms with Gasteiger partial charge in [0.1, 0.15) is 0 Å². The van der Waals surface area contributed by atoms with Crippen molar-refractivity contribution < 1.29 is 19.8 Å². The second-order valence-electron chi connectivity index (χ2n) is 3.64. The maximum absolute atomic E-state index is 12.0. The molecule has 0 saturated carbocycles. The molecular formula is C12H15NO4. The van der Waals surface area contributed by atoms with Crippen molar-refractivity contribution in [2.45, 2.75) is 6.04 Å². The molecule has 1 rings (SSSR count). The molecule has 0 atom stereocenters. The van der Waals surface area contributed by atoms with Crippen LogP contribution in [-0.2, 0) is 0 Å². The van der Waals surface area contributed by atoms with E-state index in [1.807, 2.05) is 0 Å². The average Bonchev–Trinajstić information content (AvgIpc) is 2.39. The number of carbonyl (C=O) groups is 2. The Kier molecular flexibility index (Phi) is 4.81. The van der Waals surface area contributed by atoms with Crippen LogP contribution in [0.1, 0.15) is 20.7 Å². The van der Waals surface area contributed by atoms with E-state index in [1.54, 1.807) is 18.2 Å². The van der Waals surface area contributed by atoms with Crippen LogP contribution < -0.4 is 0 Å². The highest BCUT2D eigenvalue weighted by Gasteiger charge is 2.21. The Labute approximate surface area is 99.3 Å². The Hall–Kier alpha value is -1.72. The van der Waals surface area contributed by atoms with Gasteiger partial charge in [0.2, 0.25) is 0 Å². The first-order chi connectivity index (χ1) is 8.15. The molecule has 92 valence electrons. The van der Waals surface area contributed by atoms with E-state index >= 15 is 0 Å². The predicted octanol–water partition coefficient (Wildman–Crippen LogP) is -0.0757. The van der Waals surface area contributed by atoms with Crippen LogP contribution in [0.5, 0.6) is 0 Å². The normalized spacial score (nSPS) is 10.4. The monoisotopic (exact) mass is 237 g/mol. The van der Waals surface area contributed by atoms with Gasteiger partial charge in [0.05, 0.1) is 24.8 Å². The van der Waals surface area contributed by atoms with Gasteiger partial charge < -0.3 is 15.1 Å². The highest BCUT2D eigenvalue weighted by Crippen LogP contribution is 2.10. The Morgan fingerprint density at radius 1 is 1.35 bits per heavy atom. The van der Waals surface area contributed by atoms with Crippen molar-refractivity contribution in [2.24, 2.45) is 0 Å². The van der Waals surface area contributed by atoms with Gasteiger partial charge in [0.25, 0.3) is 5.91 Å². The van der Waals surface area contributed by atoms with Gasteiger partial charge in [-0.15, -0.1) is 0 Å². The summed E-state index contributed by atoms with van der Waals surface area (Å²) in [6.07, 6.45) is 0.605. The fourth-order valence-electron chi connectivity index (χ4n) is 1.45. The predicted molar refractivity (Wildman–Crippen MR) is 61.9 cm³/mol. The first kappa shape index (κ1) is 13.3. The van der Waals surface area contributed by atoms with Crippen LogP contribution >= 0.6 is 0 Å². The quantitative estimate of drug-likeness (QED) is 0.702. The number of aliphatic hydroxyl groups excluding tert-OH is 2. The van der Waals surface area contributed by atoms with E-state index in [0.29, 0.717) is 11.8 Å². The molecule has 0 saturated heterocycles. The first-order valence-electron chi connectivity index (χ1n) is 5.18. The second-order valence-corrected chi connectivity index (χ2v) is 3.64. The summed E-state index contributed by atoms with van der Waals surface area (Å²) >= 11 is 0. The molecule has 0 spiro atoms. The molecule has 1 aromatic rings. The van der Waals surface area contributed by atoms with Gasteiger partial charge in [-0.25, -0.2) is 0 Å². The fourth-order valence-corrected chi connectivity index (χ4v) is 1.45. The van der Waals surface area contributed by atoms with Crippen LogP contribution in [0.15, 0.2) is 24.3 Å². The summed E-state index contributed by atoms with van der Waals surface area (Å²) in [6, 6.07) is 5.73. The standard InChI is InChI=1S/C12H15NO4/c1-13(10(7-15)8-16)12(17)11-5-3-2-4-9(11)6-14/h2-6,10,15-16H,7-8H2,1H3. The van der Waals surface area contributed by atoms with Crippen molar-refractivity contribution in [3.05, 3.63) is 35.4 Å². The van der Waals surface area contributed by atoms with E-state index in [0.717, 1.165) is 0 Å². The Balaban J connectivity index is 2.99. The minimum atomic E-state index is -0.665. The number of hydrogen-bond acceptors (Lipinski definition) is 4. The first-order valence-corrected chi connectivity index (χ1v) is 5.18. The van der Waals surface area contributed by atoms with Crippen molar-refractivity contribution in [1.29, 1.82) is 0 Å². The molecule has 1 aromatic carbocycles. The van der Waals surface area contributed by atoms with Gasteiger partial charge in [0.15, 0.2) is 6.29 Å². The zero-order chi connectivity index (χ0) is 12.8. The van der Waals surface area contributed by atoms with Crippen molar-refractivity contribution in [3.8, 4) is 0 Å². The summed E-state index contributed by atoms with van der Waals surface area (Å²) in [6.45, 7) is -0.663. The number of rotatable bonds is 5. The maximum Gasteiger partial charge on any atom is 0.254 e. The minimum Gasteiger partial charge on any atom is -0.394 e. The van der Waals surface area contributed by atoms with Gasteiger partial charge in [0, 0.05) is 12.6 Å². The number of benzene rings is 1. The number of aliphatic hydroxyl groups is 2. The second kappa shape index (κ2) is 6.12. The number of nitrogens with zero attached hydrogens (tertiary/aromatic N) is 1. The van der Waals surface area contributed by atoms with Crippen LogP contribution in [0, 0.1) is 0 Å². The van der Waals surface area contributed by atoms with Gasteiger partial charge in [-0.1, -0.05) is 18.2 Å². The smallest absolute Gasteiger partial charge is 0.254 e. The van der Waals surface area contributed by atoms with E-state index in [2.05, 4.69) is 0 Å². The Morgan fingerprint density at radius 2 is 1.94 bits per heavy atom. The van der Waals surface area contributed by atoms with E-state index < -0.39 is 11.9 Å². The molecule has 0 aliphatic heterocycles. The molecule has 0 aliphatic carbocycles. The Bertz CT molecular complexity index is 401. The molecule has 0 aliphatic rings. The summed E-state index contributed by atoms with van der Waals surface area (Å²) in [4.78, 5) is 24.0. The number of amides is 1. The van der Waals surface area contributed by atoms with Crippen molar-refractivity contribution in [2.75, 3.05) is 20.3 Å². The van der Waals surface area contributed by atoms with Gasteiger partial charge >= 0.3 is 0 Å². The number of likely N-dealkylation sites (N-methyl/N-ethyl adjacent to an activating group) is 1. The lowest BCUT2D eigenvalue weighted by Gasteiger charge is -2.25. The van der Waals surface area contributed by atoms with Crippen LogP contribution in [0.4, 0.5) is 0 Å². The molecular weight excluding hydrogens is 222 g/mol. The van der Waals surface area contributed by atoms with Crippen LogP contribution in [-0.4, -0.2) is 53.6 Å². The SMILES string of the molecule is CN(C(=O)c1ccccc1C=O)C(CO)CO. The van der Waals surface area contributed by atoms with E-state index in [1.165, 1.54) is 18.0 Å². The van der Waals surface area contributed by atoms with Crippen molar-refractivity contribution in [1.82, 2.24) is 4.90 Å². The molecule has 0 heterocycles. The molecule has 5 nitrogen and oxygen atoms in total. The number of aldehydes is 1. The summed E-state index contributed by atoms with van der Waals surface area (Å²) in [5, 5.41) is 18.0. The average molecular weight is 237 g/mol. The van der Waals surface area contributed by atoms with E-state index in [9.17, 15) is 9.59 Å². The van der Waals surface area contributed by atoms with Gasteiger partial charge in [-0.05, 0) is 6.07 Å². The number of carbonyl (C=O) groups excluding carboxylic acids is 2.